The van der Waals surface area contributed by atoms with E-state index in [2.05, 4.69) is 28.4 Å². The predicted molar refractivity (Wildman–Crippen MR) is 133 cm³/mol. The summed E-state index contributed by atoms with van der Waals surface area (Å²) in [6.07, 6.45) is 8.97. The van der Waals surface area contributed by atoms with Crippen molar-refractivity contribution in [3.05, 3.63) is 69.1 Å². The monoisotopic (exact) mass is 463 g/mol. The van der Waals surface area contributed by atoms with Gasteiger partial charge in [-0.05, 0) is 85.7 Å². The molecule has 0 bridgehead atoms. The summed E-state index contributed by atoms with van der Waals surface area (Å²) >= 11 is 0. The lowest BCUT2D eigenvalue weighted by atomic mass is 9.80. The van der Waals surface area contributed by atoms with E-state index in [4.69, 9.17) is 4.74 Å². The number of carbonyl (C=O) groups is 1. The second-order valence-electron chi connectivity index (χ2n) is 10.3. The summed E-state index contributed by atoms with van der Waals surface area (Å²) < 4.78 is 6.83. The minimum absolute atomic E-state index is 0.00740. The molecule has 1 saturated carbocycles. The molecule has 1 aromatic heterocycles. The van der Waals surface area contributed by atoms with Crippen molar-refractivity contribution in [1.82, 2.24) is 14.8 Å². The van der Waals surface area contributed by atoms with Gasteiger partial charge in [0.15, 0.2) is 0 Å². The van der Waals surface area contributed by atoms with Crippen LogP contribution in [0.4, 0.5) is 0 Å². The first-order chi connectivity index (χ1) is 16.6. The minimum Gasteiger partial charge on any atom is -0.385 e. The maximum atomic E-state index is 14.2. The smallest absolute Gasteiger partial charge is 0.250 e. The highest BCUT2D eigenvalue weighted by molar-refractivity contribution is 5.82. The normalized spacial score (nSPS) is 24.1. The number of nitrogens with one attached hydrogen (secondary N) is 1. The highest BCUT2D eigenvalue weighted by atomic mass is 16.5. The molecule has 2 fully saturated rings. The quantitative estimate of drug-likeness (QED) is 0.610. The number of hydrogen-bond acceptors (Lipinski definition) is 4. The first-order valence-electron chi connectivity index (χ1n) is 12.9. The summed E-state index contributed by atoms with van der Waals surface area (Å²) in [5.74, 6) is 0.226. The summed E-state index contributed by atoms with van der Waals surface area (Å²) in [4.78, 5) is 28.8. The van der Waals surface area contributed by atoms with E-state index in [1.165, 1.54) is 16.7 Å². The highest BCUT2D eigenvalue weighted by Crippen LogP contribution is 2.44. The molecule has 1 saturated heterocycles. The lowest BCUT2D eigenvalue weighted by molar-refractivity contribution is -0.140. The fourth-order valence-corrected chi connectivity index (χ4v) is 5.94. The molecular weight excluding hydrogens is 426 g/mol. The molecule has 2 aromatic rings. The zero-order valence-electron chi connectivity index (χ0n) is 20.5. The molecule has 1 aliphatic heterocycles. The maximum absolute atomic E-state index is 14.2. The van der Waals surface area contributed by atoms with Crippen molar-refractivity contribution in [3.63, 3.8) is 0 Å². The van der Waals surface area contributed by atoms with E-state index in [1.807, 2.05) is 12.3 Å². The Morgan fingerprint density at radius 1 is 1.18 bits per heavy atom. The number of rotatable bonds is 8. The van der Waals surface area contributed by atoms with Crippen molar-refractivity contribution < 1.29 is 9.53 Å². The van der Waals surface area contributed by atoms with Crippen LogP contribution in [0.5, 0.6) is 0 Å². The third kappa shape index (κ3) is 4.71. The number of nitrogens with zero attached hydrogens (tertiary/aromatic N) is 2. The van der Waals surface area contributed by atoms with Gasteiger partial charge in [-0.15, -0.1) is 0 Å². The Morgan fingerprint density at radius 2 is 2.03 bits per heavy atom. The number of methoxy groups -OCH3 is 1. The molecule has 3 aliphatic rings. The highest BCUT2D eigenvalue weighted by Gasteiger charge is 2.45. The van der Waals surface area contributed by atoms with Gasteiger partial charge in [-0.2, -0.15) is 0 Å². The van der Waals surface area contributed by atoms with E-state index in [-0.39, 0.29) is 29.3 Å². The fraction of sp³-hybridized carbons (Fsp3) is 0.571. The molecule has 182 valence electrons. The van der Waals surface area contributed by atoms with Crippen LogP contribution < -0.4 is 10.9 Å². The Labute approximate surface area is 202 Å². The van der Waals surface area contributed by atoms with Crippen LogP contribution in [0, 0.1) is 5.92 Å². The summed E-state index contributed by atoms with van der Waals surface area (Å²) in [6, 6.07) is 11.2. The third-order valence-corrected chi connectivity index (χ3v) is 7.96. The molecule has 1 N–H and O–H groups in total. The van der Waals surface area contributed by atoms with Gasteiger partial charge in [0, 0.05) is 45.6 Å². The largest absolute Gasteiger partial charge is 0.385 e. The number of amides is 1. The van der Waals surface area contributed by atoms with Gasteiger partial charge in [0.05, 0.1) is 12.0 Å². The molecule has 0 spiro atoms. The van der Waals surface area contributed by atoms with Crippen LogP contribution in [0.3, 0.4) is 0 Å². The van der Waals surface area contributed by atoms with Crippen molar-refractivity contribution >= 4 is 5.91 Å². The second kappa shape index (κ2) is 10.0. The average molecular weight is 464 g/mol. The Bertz CT molecular complexity index is 1090. The molecule has 0 radical (unpaired) electrons. The molecule has 3 atom stereocenters. The lowest BCUT2D eigenvalue weighted by Gasteiger charge is -2.38. The Kier molecular flexibility index (Phi) is 6.89. The van der Waals surface area contributed by atoms with Gasteiger partial charge in [0.1, 0.15) is 0 Å². The van der Waals surface area contributed by atoms with E-state index >= 15 is 0 Å². The van der Waals surface area contributed by atoms with Gasteiger partial charge >= 0.3 is 0 Å². The average Bonchev–Trinajstić information content (AvgIpc) is 3.61. The number of benzene rings is 1. The minimum atomic E-state index is -0.129. The molecular formula is C28H37N3O3. The topological polar surface area (TPSA) is 63.6 Å². The fourth-order valence-electron chi connectivity index (χ4n) is 5.94. The number of aryl methyl sites for hydroxylation is 3. The number of hydrogen-bond donors (Lipinski definition) is 1. The number of fused-ring (bicyclic) bond motifs is 1. The Balaban J connectivity index is 1.41. The van der Waals surface area contributed by atoms with Gasteiger partial charge < -0.3 is 19.5 Å². The van der Waals surface area contributed by atoms with Crippen molar-refractivity contribution in [2.24, 2.45) is 13.0 Å². The molecule has 6 heteroatoms. The van der Waals surface area contributed by atoms with Crippen LogP contribution in [-0.4, -0.2) is 48.2 Å². The van der Waals surface area contributed by atoms with Crippen LogP contribution in [0.2, 0.25) is 0 Å². The number of aromatic nitrogens is 1. The van der Waals surface area contributed by atoms with Gasteiger partial charge in [0.25, 0.3) is 5.56 Å². The molecule has 34 heavy (non-hydrogen) atoms. The van der Waals surface area contributed by atoms with Crippen LogP contribution in [0.15, 0.2) is 41.3 Å². The van der Waals surface area contributed by atoms with Crippen molar-refractivity contribution in [3.8, 4) is 0 Å². The molecule has 1 amide bonds. The lowest BCUT2D eigenvalue weighted by Crippen LogP contribution is -2.48. The first-order valence-corrected chi connectivity index (χ1v) is 12.9. The van der Waals surface area contributed by atoms with Crippen molar-refractivity contribution in [2.45, 2.75) is 62.9 Å². The summed E-state index contributed by atoms with van der Waals surface area (Å²) in [5, 5.41) is 3.46. The number of carbonyl (C=O) groups excluding carboxylic acids is 1. The van der Waals surface area contributed by atoms with E-state index in [0.29, 0.717) is 12.6 Å². The number of pyridine rings is 1. The van der Waals surface area contributed by atoms with Gasteiger partial charge in [-0.1, -0.05) is 18.2 Å². The second-order valence-corrected chi connectivity index (χ2v) is 10.3. The first kappa shape index (κ1) is 23.3. The Morgan fingerprint density at radius 3 is 2.79 bits per heavy atom. The van der Waals surface area contributed by atoms with Crippen LogP contribution in [-0.2, 0) is 29.4 Å². The molecule has 5 rings (SSSR count). The molecule has 1 aromatic carbocycles. The third-order valence-electron chi connectivity index (χ3n) is 7.96. The summed E-state index contributed by atoms with van der Waals surface area (Å²) in [7, 11) is 3.52. The SMILES string of the molecule is COCCCc1ccc2c(c1)C(N(C(=O)[C@H]1CNCCC1c1ccn(C)c(=O)c1)C1CC1)CC2. The van der Waals surface area contributed by atoms with E-state index in [9.17, 15) is 9.59 Å². The van der Waals surface area contributed by atoms with E-state index < -0.39 is 0 Å². The molecule has 2 heterocycles. The number of piperidine rings is 1. The van der Waals surface area contributed by atoms with Gasteiger partial charge in [-0.3, -0.25) is 9.59 Å². The maximum Gasteiger partial charge on any atom is 0.250 e. The molecule has 2 unspecified atom stereocenters. The van der Waals surface area contributed by atoms with Crippen LogP contribution >= 0.6 is 0 Å². The van der Waals surface area contributed by atoms with Crippen LogP contribution in [0.1, 0.15) is 66.3 Å². The van der Waals surface area contributed by atoms with E-state index in [0.717, 1.165) is 63.7 Å². The summed E-state index contributed by atoms with van der Waals surface area (Å²) in [5.41, 5.74) is 5.08. The van der Waals surface area contributed by atoms with Crippen LogP contribution in [0.25, 0.3) is 0 Å². The van der Waals surface area contributed by atoms with Crippen molar-refractivity contribution in [2.75, 3.05) is 26.8 Å². The van der Waals surface area contributed by atoms with Crippen molar-refractivity contribution in [1.29, 1.82) is 0 Å². The number of ether oxygens (including phenoxy) is 1. The summed E-state index contributed by atoms with van der Waals surface area (Å²) in [6.45, 7) is 2.33. The standard InChI is InChI=1S/C28H37N3O3/c1-30-14-12-21(17-27(30)32)23-11-13-29-18-25(23)28(33)31(22-8-9-22)26-10-7-20-6-5-19(16-24(20)26)4-3-15-34-2/h5-6,12,14,16-17,22-23,25-26,29H,3-4,7-11,13,15,18H2,1-2H3/t23?,25-,26?/m0/s1. The zero-order valence-corrected chi connectivity index (χ0v) is 20.5. The molecule has 2 aliphatic carbocycles. The van der Waals surface area contributed by atoms with E-state index in [1.54, 1.807) is 24.8 Å². The van der Waals surface area contributed by atoms with Gasteiger partial charge in [0.2, 0.25) is 5.91 Å². The zero-order chi connectivity index (χ0) is 23.7. The predicted octanol–water partition coefficient (Wildman–Crippen LogP) is 3.34. The molecule has 6 nitrogen and oxygen atoms in total. The Hall–Kier alpha value is -2.44. The van der Waals surface area contributed by atoms with Gasteiger partial charge in [-0.25, -0.2) is 0 Å².